The maximum absolute atomic E-state index is 11.7. The van der Waals surface area contributed by atoms with E-state index in [9.17, 15) is 8.42 Å². The van der Waals surface area contributed by atoms with Gasteiger partial charge >= 0.3 is 0 Å². The van der Waals surface area contributed by atoms with Gasteiger partial charge in [0.15, 0.2) is 5.71 Å². The van der Waals surface area contributed by atoms with Gasteiger partial charge in [-0.15, -0.1) is 17.9 Å². The second-order valence-electron chi connectivity index (χ2n) is 3.16. The molecule has 0 radical (unpaired) electrons. The van der Waals surface area contributed by atoms with E-state index in [1.807, 2.05) is 11.8 Å². The van der Waals surface area contributed by atoms with Crippen molar-refractivity contribution in [3.63, 3.8) is 0 Å². The number of aryl methyl sites for hydroxylation is 1. The van der Waals surface area contributed by atoms with Crippen molar-refractivity contribution >= 4 is 15.7 Å². The van der Waals surface area contributed by atoms with Gasteiger partial charge in [-0.25, -0.2) is 0 Å². The quantitative estimate of drug-likeness (QED) is 0.489. The molecule has 86 valence electrons. The fourth-order valence-electron chi connectivity index (χ4n) is 0.982. The molecule has 1 N–H and O–H groups in total. The third-order valence-electron chi connectivity index (χ3n) is 1.88. The van der Waals surface area contributed by atoms with Crippen LogP contribution in [0.15, 0.2) is 34.3 Å². The van der Waals surface area contributed by atoms with Crippen LogP contribution in [0.3, 0.4) is 0 Å². The van der Waals surface area contributed by atoms with E-state index in [1.165, 1.54) is 12.1 Å². The molecule has 0 amide bonds. The number of nitrogens with one attached hydrogen (secondary N) is 1. The second-order valence-corrected chi connectivity index (χ2v) is 4.82. The number of terminal acetylenes is 2. The third-order valence-corrected chi connectivity index (χ3v) is 3.11. The lowest BCUT2D eigenvalue weighted by Gasteiger charge is -2.03. The molecule has 0 fully saturated rings. The molecular weight excluding hydrogens is 236 g/mol. The molecule has 0 aliphatic heterocycles. The van der Waals surface area contributed by atoms with E-state index in [0.29, 0.717) is 0 Å². The molecule has 1 aromatic carbocycles. The van der Waals surface area contributed by atoms with Crippen LogP contribution in [-0.4, -0.2) is 14.1 Å². The molecular formula is C12H10N2O2S. The molecule has 1 aromatic rings. The summed E-state index contributed by atoms with van der Waals surface area (Å²) in [4.78, 5) is 2.07. The molecule has 0 saturated carbocycles. The normalized spacial score (nSPS) is 9.82. The van der Waals surface area contributed by atoms with Crippen LogP contribution in [0.1, 0.15) is 5.56 Å². The SMILES string of the molecule is C#CC(C#C)=NNS(=O)(=O)c1ccc(C)cc1. The van der Waals surface area contributed by atoms with Crippen LogP contribution in [-0.2, 0) is 10.0 Å². The summed E-state index contributed by atoms with van der Waals surface area (Å²) in [6.45, 7) is 1.86. The van der Waals surface area contributed by atoms with Gasteiger partial charge in [-0.2, -0.15) is 13.2 Å². The molecule has 0 aliphatic rings. The molecule has 0 aliphatic carbocycles. The van der Waals surface area contributed by atoms with Gasteiger partial charge in [-0.3, -0.25) is 0 Å². The first-order valence-electron chi connectivity index (χ1n) is 4.59. The standard InChI is InChI=1S/C12H10N2O2S/c1-4-11(5-2)13-14-17(15,16)12-8-6-10(3)7-9-12/h1-2,6-9,14H,3H3. The van der Waals surface area contributed by atoms with Crippen molar-refractivity contribution in [1.82, 2.24) is 4.83 Å². The van der Waals surface area contributed by atoms with E-state index < -0.39 is 10.0 Å². The Balaban J connectivity index is 2.99. The molecule has 0 atom stereocenters. The number of nitrogens with zero attached hydrogens (tertiary/aromatic N) is 1. The van der Waals surface area contributed by atoms with Crippen molar-refractivity contribution in [2.45, 2.75) is 11.8 Å². The minimum atomic E-state index is -3.72. The molecule has 5 heteroatoms. The Bertz CT molecular complexity index is 598. The van der Waals surface area contributed by atoms with Gasteiger partial charge in [-0.05, 0) is 30.9 Å². The van der Waals surface area contributed by atoms with Crippen LogP contribution in [0.5, 0.6) is 0 Å². The number of rotatable bonds is 3. The van der Waals surface area contributed by atoms with E-state index in [-0.39, 0.29) is 10.6 Å². The largest absolute Gasteiger partial charge is 0.276 e. The molecule has 4 nitrogen and oxygen atoms in total. The number of hydrazone groups is 1. The highest BCUT2D eigenvalue weighted by atomic mass is 32.2. The Morgan fingerprint density at radius 2 is 1.76 bits per heavy atom. The zero-order chi connectivity index (χ0) is 12.9. The molecule has 0 spiro atoms. The Kier molecular flexibility index (Phi) is 3.92. The first-order chi connectivity index (χ1) is 7.99. The number of benzene rings is 1. The second kappa shape index (κ2) is 5.20. The van der Waals surface area contributed by atoms with Gasteiger partial charge in [0.2, 0.25) is 0 Å². The van der Waals surface area contributed by atoms with Crippen LogP contribution in [0.25, 0.3) is 0 Å². The van der Waals surface area contributed by atoms with Crippen molar-refractivity contribution in [2.75, 3.05) is 0 Å². The van der Waals surface area contributed by atoms with Crippen LogP contribution >= 0.6 is 0 Å². The molecule has 17 heavy (non-hydrogen) atoms. The topological polar surface area (TPSA) is 58.5 Å². The van der Waals surface area contributed by atoms with Gasteiger partial charge in [0.25, 0.3) is 10.0 Å². The van der Waals surface area contributed by atoms with E-state index in [0.717, 1.165) is 5.56 Å². The predicted octanol–water partition coefficient (Wildman–Crippen LogP) is 0.896. The smallest absolute Gasteiger partial charge is 0.200 e. The van der Waals surface area contributed by atoms with Gasteiger partial charge in [0.05, 0.1) is 4.90 Å². The van der Waals surface area contributed by atoms with E-state index >= 15 is 0 Å². The van der Waals surface area contributed by atoms with Gasteiger partial charge in [-0.1, -0.05) is 17.7 Å². The van der Waals surface area contributed by atoms with Crippen molar-refractivity contribution < 1.29 is 8.42 Å². The molecule has 0 heterocycles. The summed E-state index contributed by atoms with van der Waals surface area (Å²) in [7, 11) is -3.72. The minimum Gasteiger partial charge on any atom is -0.200 e. The monoisotopic (exact) mass is 246 g/mol. The lowest BCUT2D eigenvalue weighted by molar-refractivity contribution is 0.584. The maximum Gasteiger partial charge on any atom is 0.276 e. The summed E-state index contributed by atoms with van der Waals surface area (Å²) in [6, 6.07) is 6.31. The molecule has 1 rings (SSSR count). The van der Waals surface area contributed by atoms with Crippen molar-refractivity contribution in [3.8, 4) is 24.7 Å². The Morgan fingerprint density at radius 3 is 2.24 bits per heavy atom. The highest BCUT2D eigenvalue weighted by Gasteiger charge is 2.12. The summed E-state index contributed by atoms with van der Waals surface area (Å²) >= 11 is 0. The van der Waals surface area contributed by atoms with Gasteiger partial charge in [0, 0.05) is 0 Å². The Labute approximate surface area is 101 Å². The fraction of sp³-hybridized carbons (Fsp3) is 0.0833. The highest BCUT2D eigenvalue weighted by Crippen LogP contribution is 2.09. The Hall–Kier alpha value is -2.24. The summed E-state index contributed by atoms with van der Waals surface area (Å²) in [5, 5.41) is 3.44. The zero-order valence-electron chi connectivity index (χ0n) is 9.14. The van der Waals surface area contributed by atoms with Gasteiger partial charge < -0.3 is 0 Å². The molecule has 0 unspecified atom stereocenters. The van der Waals surface area contributed by atoms with Crippen molar-refractivity contribution in [3.05, 3.63) is 29.8 Å². The van der Waals surface area contributed by atoms with Gasteiger partial charge in [0.1, 0.15) is 0 Å². The summed E-state index contributed by atoms with van der Waals surface area (Å²) in [6.07, 6.45) is 10.0. The number of hydrogen-bond donors (Lipinski definition) is 1. The Morgan fingerprint density at radius 1 is 1.24 bits per heavy atom. The van der Waals surface area contributed by atoms with Crippen molar-refractivity contribution in [2.24, 2.45) is 5.10 Å². The highest BCUT2D eigenvalue weighted by molar-refractivity contribution is 7.89. The van der Waals surface area contributed by atoms with Crippen LogP contribution in [0, 0.1) is 31.6 Å². The fourth-order valence-corrected chi connectivity index (χ4v) is 1.79. The molecule has 0 bridgehead atoms. The molecule has 0 saturated heterocycles. The summed E-state index contributed by atoms with van der Waals surface area (Å²) in [5.74, 6) is 4.14. The van der Waals surface area contributed by atoms with Crippen LogP contribution < -0.4 is 4.83 Å². The van der Waals surface area contributed by atoms with Crippen molar-refractivity contribution in [1.29, 1.82) is 0 Å². The summed E-state index contributed by atoms with van der Waals surface area (Å²) in [5.41, 5.74) is 0.848. The molecule has 0 aromatic heterocycles. The predicted molar refractivity (Wildman–Crippen MR) is 66.6 cm³/mol. The number of hydrogen-bond acceptors (Lipinski definition) is 3. The lowest BCUT2D eigenvalue weighted by Crippen LogP contribution is -2.19. The minimum absolute atomic E-state index is 0.0974. The van der Waals surface area contributed by atoms with Crippen LogP contribution in [0.2, 0.25) is 0 Å². The number of sulfonamides is 1. The average Bonchev–Trinajstić information content (AvgIpc) is 2.31. The van der Waals surface area contributed by atoms with E-state index in [1.54, 1.807) is 12.1 Å². The lowest BCUT2D eigenvalue weighted by atomic mass is 10.2. The van der Waals surface area contributed by atoms with Crippen LogP contribution in [0.4, 0.5) is 0 Å². The van der Waals surface area contributed by atoms with E-state index in [2.05, 4.69) is 16.9 Å². The first-order valence-corrected chi connectivity index (χ1v) is 6.07. The zero-order valence-corrected chi connectivity index (χ0v) is 9.95. The summed E-state index contributed by atoms with van der Waals surface area (Å²) < 4.78 is 23.4. The average molecular weight is 246 g/mol. The van der Waals surface area contributed by atoms with E-state index in [4.69, 9.17) is 12.8 Å². The maximum atomic E-state index is 11.7. The third kappa shape index (κ3) is 3.37. The first kappa shape index (κ1) is 12.8.